The molecule has 0 spiro atoms. The van der Waals surface area contributed by atoms with Crippen LogP contribution >= 0.6 is 0 Å². The lowest BCUT2D eigenvalue weighted by atomic mass is 10.0. The van der Waals surface area contributed by atoms with E-state index in [-0.39, 0.29) is 24.0 Å². The predicted molar refractivity (Wildman–Crippen MR) is 76.2 cm³/mol. The number of carbonyl (C=O) groups excluding carboxylic acids is 3. The molecule has 1 aliphatic rings. The fourth-order valence-electron chi connectivity index (χ4n) is 2.59. The maximum absolute atomic E-state index is 12.5. The summed E-state index contributed by atoms with van der Waals surface area (Å²) in [7, 11) is 0. The Labute approximate surface area is 126 Å². The third-order valence-electron chi connectivity index (χ3n) is 3.67. The number of aryl methyl sites for hydroxylation is 1. The summed E-state index contributed by atoms with van der Waals surface area (Å²) < 4.78 is 0. The number of hydrogen-bond acceptors (Lipinski definition) is 4. The van der Waals surface area contributed by atoms with Crippen molar-refractivity contribution in [3.63, 3.8) is 0 Å². The zero-order chi connectivity index (χ0) is 16.4. The summed E-state index contributed by atoms with van der Waals surface area (Å²) in [5.41, 5.74) is 6.16. The second-order valence-corrected chi connectivity index (χ2v) is 5.03. The molecule has 22 heavy (non-hydrogen) atoms. The maximum Gasteiger partial charge on any atom is 0.326 e. The highest BCUT2D eigenvalue weighted by Gasteiger charge is 2.43. The van der Waals surface area contributed by atoms with E-state index < -0.39 is 29.7 Å². The first-order chi connectivity index (χ1) is 10.4. The highest BCUT2D eigenvalue weighted by molar-refractivity contribution is 6.23. The second kappa shape index (κ2) is 5.97. The van der Waals surface area contributed by atoms with Gasteiger partial charge in [-0.05, 0) is 24.5 Å². The van der Waals surface area contributed by atoms with Crippen LogP contribution in [0.1, 0.15) is 46.0 Å². The number of carbonyl (C=O) groups is 4. The molecule has 0 fully saturated rings. The molecule has 1 atom stereocenters. The molecule has 116 valence electrons. The zero-order valence-corrected chi connectivity index (χ0v) is 12.0. The largest absolute Gasteiger partial charge is 0.480 e. The standard InChI is InChI=1S/C15H16N2O5/c1-2-8-4-3-5-9-12(8)14(20)17(13(9)19)10(15(21)22)6-7-11(16)18/h3-5,10H,2,6-7H2,1H3,(H2,16,18)(H,21,22). The van der Waals surface area contributed by atoms with Crippen molar-refractivity contribution in [1.82, 2.24) is 4.90 Å². The molecule has 0 aliphatic carbocycles. The van der Waals surface area contributed by atoms with Crippen LogP contribution in [-0.2, 0) is 16.0 Å². The van der Waals surface area contributed by atoms with Gasteiger partial charge in [0, 0.05) is 6.42 Å². The topological polar surface area (TPSA) is 118 Å². The van der Waals surface area contributed by atoms with Gasteiger partial charge in [-0.3, -0.25) is 19.3 Å². The minimum absolute atomic E-state index is 0.197. The Balaban J connectivity index is 2.41. The van der Waals surface area contributed by atoms with Crippen LogP contribution in [0.3, 0.4) is 0 Å². The van der Waals surface area contributed by atoms with Crippen LogP contribution in [0.4, 0.5) is 0 Å². The number of aliphatic carboxylic acids is 1. The first-order valence-corrected chi connectivity index (χ1v) is 6.89. The molecule has 7 heteroatoms. The number of carboxylic acids is 1. The van der Waals surface area contributed by atoms with E-state index in [1.165, 1.54) is 6.07 Å². The number of nitrogens with two attached hydrogens (primary N) is 1. The minimum atomic E-state index is -1.40. The molecule has 3 amide bonds. The Morgan fingerprint density at radius 2 is 1.95 bits per heavy atom. The summed E-state index contributed by atoms with van der Waals surface area (Å²) in [4.78, 5) is 47.9. The molecule has 0 radical (unpaired) electrons. The van der Waals surface area contributed by atoms with Gasteiger partial charge in [-0.2, -0.15) is 0 Å². The second-order valence-electron chi connectivity index (χ2n) is 5.03. The van der Waals surface area contributed by atoms with Crippen molar-refractivity contribution in [1.29, 1.82) is 0 Å². The first kappa shape index (κ1) is 15.7. The monoisotopic (exact) mass is 304 g/mol. The summed E-state index contributed by atoms with van der Waals surface area (Å²) in [5.74, 6) is -3.30. The van der Waals surface area contributed by atoms with Crippen molar-refractivity contribution >= 4 is 23.7 Å². The number of imide groups is 1. The molecular formula is C15H16N2O5. The number of fused-ring (bicyclic) bond motifs is 1. The van der Waals surface area contributed by atoms with Crippen molar-refractivity contribution < 1.29 is 24.3 Å². The highest BCUT2D eigenvalue weighted by atomic mass is 16.4. The molecule has 7 nitrogen and oxygen atoms in total. The smallest absolute Gasteiger partial charge is 0.326 e. The van der Waals surface area contributed by atoms with Crippen molar-refractivity contribution in [3.8, 4) is 0 Å². The maximum atomic E-state index is 12.5. The number of benzene rings is 1. The van der Waals surface area contributed by atoms with Crippen LogP contribution in [0.5, 0.6) is 0 Å². The number of hydrogen-bond donors (Lipinski definition) is 2. The minimum Gasteiger partial charge on any atom is -0.480 e. The lowest BCUT2D eigenvalue weighted by molar-refractivity contribution is -0.141. The normalized spacial score (nSPS) is 14.9. The summed E-state index contributed by atoms with van der Waals surface area (Å²) in [6, 6.07) is 3.49. The average molecular weight is 304 g/mol. The van der Waals surface area contributed by atoms with Crippen LogP contribution in [-0.4, -0.2) is 39.7 Å². The van der Waals surface area contributed by atoms with Gasteiger partial charge in [0.25, 0.3) is 11.8 Å². The third-order valence-corrected chi connectivity index (χ3v) is 3.67. The van der Waals surface area contributed by atoms with Gasteiger partial charge in [-0.15, -0.1) is 0 Å². The SMILES string of the molecule is CCc1cccc2c1C(=O)N(C(CCC(N)=O)C(=O)O)C2=O. The van der Waals surface area contributed by atoms with Gasteiger partial charge in [-0.1, -0.05) is 19.1 Å². The van der Waals surface area contributed by atoms with E-state index in [2.05, 4.69) is 0 Å². The highest BCUT2D eigenvalue weighted by Crippen LogP contribution is 2.29. The Morgan fingerprint density at radius 1 is 1.27 bits per heavy atom. The number of nitrogens with zero attached hydrogens (tertiary/aromatic N) is 1. The van der Waals surface area contributed by atoms with Crippen molar-refractivity contribution in [2.24, 2.45) is 5.73 Å². The number of carboxylic acid groups (broad SMARTS) is 1. The fraction of sp³-hybridized carbons (Fsp3) is 0.333. The molecule has 1 aliphatic heterocycles. The molecule has 0 saturated carbocycles. The lowest BCUT2D eigenvalue weighted by Crippen LogP contribution is -2.45. The van der Waals surface area contributed by atoms with Crippen LogP contribution in [0, 0.1) is 0 Å². The van der Waals surface area contributed by atoms with Crippen molar-refractivity contribution in [2.75, 3.05) is 0 Å². The van der Waals surface area contributed by atoms with E-state index >= 15 is 0 Å². The summed E-state index contributed by atoms with van der Waals surface area (Å²) in [5, 5.41) is 9.29. The lowest BCUT2D eigenvalue weighted by Gasteiger charge is -2.22. The molecule has 0 bridgehead atoms. The number of primary amides is 1. The molecule has 1 aromatic rings. The number of amides is 3. The van der Waals surface area contributed by atoms with E-state index in [0.29, 0.717) is 12.0 Å². The van der Waals surface area contributed by atoms with Crippen LogP contribution in [0.2, 0.25) is 0 Å². The van der Waals surface area contributed by atoms with Gasteiger partial charge < -0.3 is 10.8 Å². The van der Waals surface area contributed by atoms with Crippen molar-refractivity contribution in [2.45, 2.75) is 32.2 Å². The molecular weight excluding hydrogens is 288 g/mol. The van der Waals surface area contributed by atoms with E-state index in [1.807, 2.05) is 6.92 Å². The Bertz CT molecular complexity index is 668. The Hall–Kier alpha value is -2.70. The Kier molecular flexibility index (Phi) is 4.25. The molecule has 0 saturated heterocycles. The third kappa shape index (κ3) is 2.57. The van der Waals surface area contributed by atoms with Gasteiger partial charge in [-0.25, -0.2) is 4.79 Å². The summed E-state index contributed by atoms with van der Waals surface area (Å²) in [6.07, 6.45) is 0.137. The first-order valence-electron chi connectivity index (χ1n) is 6.89. The molecule has 0 aromatic heterocycles. The molecule has 3 N–H and O–H groups in total. The van der Waals surface area contributed by atoms with Crippen molar-refractivity contribution in [3.05, 3.63) is 34.9 Å². The quantitative estimate of drug-likeness (QED) is 0.745. The van der Waals surface area contributed by atoms with E-state index in [0.717, 1.165) is 4.90 Å². The van der Waals surface area contributed by atoms with Gasteiger partial charge in [0.2, 0.25) is 5.91 Å². The molecule has 1 heterocycles. The average Bonchev–Trinajstić information content (AvgIpc) is 2.72. The molecule has 1 unspecified atom stereocenters. The molecule has 1 aromatic carbocycles. The van der Waals surface area contributed by atoms with Gasteiger partial charge >= 0.3 is 5.97 Å². The summed E-state index contributed by atoms with van der Waals surface area (Å²) in [6.45, 7) is 1.85. The van der Waals surface area contributed by atoms with Gasteiger partial charge in [0.1, 0.15) is 6.04 Å². The van der Waals surface area contributed by atoms with Crippen LogP contribution in [0.15, 0.2) is 18.2 Å². The van der Waals surface area contributed by atoms with Crippen LogP contribution in [0.25, 0.3) is 0 Å². The summed E-state index contributed by atoms with van der Waals surface area (Å²) >= 11 is 0. The van der Waals surface area contributed by atoms with Gasteiger partial charge in [0.15, 0.2) is 0 Å². The fourth-order valence-corrected chi connectivity index (χ4v) is 2.59. The van der Waals surface area contributed by atoms with E-state index in [9.17, 15) is 24.3 Å². The zero-order valence-electron chi connectivity index (χ0n) is 12.0. The van der Waals surface area contributed by atoms with Gasteiger partial charge in [0.05, 0.1) is 11.1 Å². The molecule has 2 rings (SSSR count). The van der Waals surface area contributed by atoms with Crippen LogP contribution < -0.4 is 5.73 Å². The Morgan fingerprint density at radius 3 is 2.50 bits per heavy atom. The number of rotatable bonds is 6. The predicted octanol–water partition coefficient (Wildman–Crippen LogP) is 0.564. The van der Waals surface area contributed by atoms with E-state index in [1.54, 1.807) is 12.1 Å². The van der Waals surface area contributed by atoms with E-state index in [4.69, 9.17) is 5.73 Å².